The van der Waals surface area contributed by atoms with E-state index in [-0.39, 0.29) is 11.6 Å². The van der Waals surface area contributed by atoms with Gasteiger partial charge < -0.3 is 0 Å². The lowest BCUT2D eigenvalue weighted by Gasteiger charge is -2.09. The highest BCUT2D eigenvalue weighted by Crippen LogP contribution is 2.27. The van der Waals surface area contributed by atoms with Crippen LogP contribution in [0.2, 0.25) is 0 Å². The van der Waals surface area contributed by atoms with Crippen molar-refractivity contribution in [3.63, 3.8) is 0 Å². The molecule has 2 rings (SSSR count). The SMILES string of the molecule is CC(=O)c1cc(C#N)c(SCCCSc2nc(C)c(C(C)=O)cc2C#N)nc1C. The number of Topliss-reactive ketones (excluding diaryl/α,β-unsaturated/α-hetero) is 2. The molecule has 2 aromatic rings. The van der Waals surface area contributed by atoms with Gasteiger partial charge in [-0.1, -0.05) is 0 Å². The fraction of sp³-hybridized carbons (Fsp3) is 0.333. The number of nitrogens with zero attached hydrogens (tertiary/aromatic N) is 4. The predicted octanol–water partition coefficient (Wildman–Crippen LogP) is 4.52. The summed E-state index contributed by atoms with van der Waals surface area (Å²) in [6.07, 6.45) is 0.815. The zero-order valence-electron chi connectivity index (χ0n) is 16.7. The Balaban J connectivity index is 1.99. The summed E-state index contributed by atoms with van der Waals surface area (Å²) in [7, 11) is 0. The summed E-state index contributed by atoms with van der Waals surface area (Å²) in [5.74, 6) is 1.26. The highest BCUT2D eigenvalue weighted by Gasteiger charge is 2.14. The molecule has 0 N–H and O–H groups in total. The molecule has 0 spiro atoms. The topological polar surface area (TPSA) is 107 Å². The van der Waals surface area contributed by atoms with Crippen LogP contribution in [-0.2, 0) is 0 Å². The highest BCUT2D eigenvalue weighted by atomic mass is 32.2. The molecule has 148 valence electrons. The van der Waals surface area contributed by atoms with Gasteiger partial charge in [-0.15, -0.1) is 23.5 Å². The Kier molecular flexibility index (Phi) is 7.95. The van der Waals surface area contributed by atoms with E-state index in [0.29, 0.717) is 43.7 Å². The van der Waals surface area contributed by atoms with E-state index in [1.54, 1.807) is 26.0 Å². The van der Waals surface area contributed by atoms with E-state index < -0.39 is 0 Å². The summed E-state index contributed by atoms with van der Waals surface area (Å²) in [5, 5.41) is 19.9. The van der Waals surface area contributed by atoms with Crippen LogP contribution in [0.25, 0.3) is 0 Å². The average molecular weight is 425 g/mol. The standard InChI is InChI=1S/C21H20N4O2S2/c1-12-18(14(3)26)8-16(10-22)20(24-12)28-6-5-7-29-21-17(11-23)9-19(15(4)27)13(2)25-21/h8-9H,5-7H2,1-4H3. The summed E-state index contributed by atoms with van der Waals surface area (Å²) in [5.41, 5.74) is 3.00. The lowest BCUT2D eigenvalue weighted by molar-refractivity contribution is 0.100. The van der Waals surface area contributed by atoms with Crippen molar-refractivity contribution in [3.05, 3.63) is 45.8 Å². The molecule has 6 nitrogen and oxygen atoms in total. The van der Waals surface area contributed by atoms with Gasteiger partial charge in [0.15, 0.2) is 11.6 Å². The first-order valence-electron chi connectivity index (χ1n) is 8.89. The molecule has 29 heavy (non-hydrogen) atoms. The van der Waals surface area contributed by atoms with Gasteiger partial charge in [0.2, 0.25) is 0 Å². The van der Waals surface area contributed by atoms with Gasteiger partial charge in [0.25, 0.3) is 0 Å². The maximum absolute atomic E-state index is 11.6. The monoisotopic (exact) mass is 424 g/mol. The minimum atomic E-state index is -0.105. The zero-order chi connectivity index (χ0) is 21.6. The van der Waals surface area contributed by atoms with Crippen LogP contribution in [0.3, 0.4) is 0 Å². The van der Waals surface area contributed by atoms with Crippen molar-refractivity contribution in [1.82, 2.24) is 9.97 Å². The summed E-state index contributed by atoms with van der Waals surface area (Å²) >= 11 is 2.94. The van der Waals surface area contributed by atoms with Crippen LogP contribution in [0.5, 0.6) is 0 Å². The van der Waals surface area contributed by atoms with Crippen molar-refractivity contribution in [3.8, 4) is 12.1 Å². The Labute approximate surface area is 178 Å². The van der Waals surface area contributed by atoms with Crippen LogP contribution >= 0.6 is 23.5 Å². The molecule has 0 amide bonds. The van der Waals surface area contributed by atoms with Crippen molar-refractivity contribution in [1.29, 1.82) is 10.5 Å². The van der Waals surface area contributed by atoms with Gasteiger partial charge >= 0.3 is 0 Å². The molecule has 8 heteroatoms. The number of carbonyl (C=O) groups is 2. The number of hydrogen-bond acceptors (Lipinski definition) is 8. The summed E-state index contributed by atoms with van der Waals surface area (Å²) in [6, 6.07) is 7.42. The molecular formula is C21H20N4O2S2. The molecule has 0 aliphatic rings. The summed E-state index contributed by atoms with van der Waals surface area (Å²) < 4.78 is 0. The Morgan fingerprint density at radius 2 is 1.24 bits per heavy atom. The number of thioether (sulfide) groups is 2. The minimum absolute atomic E-state index is 0.105. The van der Waals surface area contributed by atoms with Crippen LogP contribution in [0, 0.1) is 36.5 Å². The number of pyridine rings is 2. The van der Waals surface area contributed by atoms with E-state index >= 15 is 0 Å². The van der Waals surface area contributed by atoms with Gasteiger partial charge in [-0.2, -0.15) is 10.5 Å². The van der Waals surface area contributed by atoms with E-state index in [9.17, 15) is 20.1 Å². The molecule has 2 aromatic heterocycles. The highest BCUT2D eigenvalue weighted by molar-refractivity contribution is 8.00. The molecule has 0 fully saturated rings. The molecule has 0 saturated heterocycles. The second-order valence-electron chi connectivity index (χ2n) is 6.33. The summed E-state index contributed by atoms with van der Waals surface area (Å²) in [6.45, 7) is 6.45. The van der Waals surface area contributed by atoms with Crippen molar-refractivity contribution < 1.29 is 9.59 Å². The van der Waals surface area contributed by atoms with E-state index in [4.69, 9.17) is 0 Å². The fourth-order valence-electron chi connectivity index (χ4n) is 2.66. The molecular weight excluding hydrogens is 404 g/mol. The van der Waals surface area contributed by atoms with Gasteiger partial charge in [-0.25, -0.2) is 9.97 Å². The lowest BCUT2D eigenvalue weighted by Crippen LogP contribution is -2.03. The van der Waals surface area contributed by atoms with E-state index in [0.717, 1.165) is 17.9 Å². The Hall–Kier alpha value is -2.68. The maximum atomic E-state index is 11.6. The van der Waals surface area contributed by atoms with Gasteiger partial charge in [0, 0.05) is 34.0 Å². The maximum Gasteiger partial charge on any atom is 0.161 e. The molecule has 2 heterocycles. The number of rotatable bonds is 8. The van der Waals surface area contributed by atoms with E-state index in [1.165, 1.54) is 37.4 Å². The van der Waals surface area contributed by atoms with Crippen LogP contribution in [0.4, 0.5) is 0 Å². The van der Waals surface area contributed by atoms with Crippen molar-refractivity contribution >= 4 is 35.1 Å². The third-order valence-corrected chi connectivity index (χ3v) is 6.28. The number of ketones is 2. The zero-order valence-corrected chi connectivity index (χ0v) is 18.3. The van der Waals surface area contributed by atoms with Crippen LogP contribution in [0.1, 0.15) is 63.5 Å². The Morgan fingerprint density at radius 3 is 1.55 bits per heavy atom. The molecule has 0 saturated carbocycles. The molecule has 0 radical (unpaired) electrons. The van der Waals surface area contributed by atoms with Gasteiger partial charge in [0.05, 0.1) is 11.1 Å². The second-order valence-corrected chi connectivity index (χ2v) is 8.50. The van der Waals surface area contributed by atoms with E-state index in [1.807, 2.05) is 0 Å². The Morgan fingerprint density at radius 1 is 0.862 bits per heavy atom. The van der Waals surface area contributed by atoms with Crippen LogP contribution in [-0.4, -0.2) is 33.0 Å². The second kappa shape index (κ2) is 10.2. The first-order valence-corrected chi connectivity index (χ1v) is 10.9. The van der Waals surface area contributed by atoms with Crippen molar-refractivity contribution in [2.75, 3.05) is 11.5 Å². The van der Waals surface area contributed by atoms with E-state index in [2.05, 4.69) is 22.1 Å². The number of carbonyl (C=O) groups excluding carboxylic acids is 2. The molecule has 0 aliphatic heterocycles. The largest absolute Gasteiger partial charge is 0.294 e. The van der Waals surface area contributed by atoms with Gasteiger partial charge in [0.1, 0.15) is 22.2 Å². The summed E-state index contributed by atoms with van der Waals surface area (Å²) in [4.78, 5) is 32.0. The predicted molar refractivity (Wildman–Crippen MR) is 113 cm³/mol. The average Bonchev–Trinajstić information content (AvgIpc) is 2.67. The van der Waals surface area contributed by atoms with Crippen LogP contribution in [0.15, 0.2) is 22.2 Å². The van der Waals surface area contributed by atoms with Gasteiger partial charge in [-0.05, 0) is 46.2 Å². The quantitative estimate of drug-likeness (QED) is 0.346. The number of aryl methyl sites for hydroxylation is 2. The van der Waals surface area contributed by atoms with Gasteiger partial charge in [-0.3, -0.25) is 9.59 Å². The van der Waals surface area contributed by atoms with Crippen molar-refractivity contribution in [2.24, 2.45) is 0 Å². The Bertz CT molecular complexity index is 969. The first kappa shape index (κ1) is 22.6. The van der Waals surface area contributed by atoms with Crippen molar-refractivity contribution in [2.45, 2.75) is 44.2 Å². The lowest BCUT2D eigenvalue weighted by atomic mass is 10.1. The molecule has 0 aliphatic carbocycles. The fourth-order valence-corrected chi connectivity index (χ4v) is 4.73. The molecule has 0 unspecified atom stereocenters. The molecule has 0 atom stereocenters. The number of aromatic nitrogens is 2. The van der Waals surface area contributed by atoms with Crippen LogP contribution < -0.4 is 0 Å². The third kappa shape index (κ3) is 5.66. The minimum Gasteiger partial charge on any atom is -0.294 e. The number of hydrogen-bond donors (Lipinski definition) is 0. The molecule has 0 aromatic carbocycles. The first-order chi connectivity index (χ1) is 13.8. The molecule has 0 bridgehead atoms. The normalized spacial score (nSPS) is 10.3. The third-order valence-electron chi connectivity index (χ3n) is 4.12. The number of nitriles is 2. The smallest absolute Gasteiger partial charge is 0.161 e.